The van der Waals surface area contributed by atoms with Crippen LogP contribution < -0.4 is 9.47 Å². The standard InChI is InChI=1S/C26H30O6/c1-29-23-13-7-5-11-21(23)15-17-25(27)31-19-9-3-4-10-20-32-26(28)18-16-22-12-6-8-14-24(22)30-2/h5-8,11-18H,3-4,9-10,19-20H2,1-2H3/b17-15+,18-16+. The lowest BCUT2D eigenvalue weighted by molar-refractivity contribution is -0.139. The molecule has 0 atom stereocenters. The quantitative estimate of drug-likeness (QED) is 0.247. The van der Waals surface area contributed by atoms with Crippen LogP contribution in [0.3, 0.4) is 0 Å². The summed E-state index contributed by atoms with van der Waals surface area (Å²) in [4.78, 5) is 23.6. The van der Waals surface area contributed by atoms with E-state index in [0.717, 1.165) is 36.8 Å². The van der Waals surface area contributed by atoms with Crippen LogP contribution in [-0.4, -0.2) is 39.4 Å². The van der Waals surface area contributed by atoms with Crippen LogP contribution >= 0.6 is 0 Å². The Kier molecular flexibility index (Phi) is 11.2. The van der Waals surface area contributed by atoms with Crippen molar-refractivity contribution in [2.45, 2.75) is 25.7 Å². The van der Waals surface area contributed by atoms with E-state index < -0.39 is 0 Å². The fourth-order valence-corrected chi connectivity index (χ4v) is 2.92. The van der Waals surface area contributed by atoms with Gasteiger partial charge in [-0.3, -0.25) is 0 Å². The van der Waals surface area contributed by atoms with Crippen molar-refractivity contribution < 1.29 is 28.5 Å². The molecule has 0 saturated heterocycles. The second-order valence-electron chi connectivity index (χ2n) is 6.90. The molecule has 0 radical (unpaired) electrons. The van der Waals surface area contributed by atoms with Crippen LogP contribution in [0, 0.1) is 0 Å². The molecule has 0 heterocycles. The van der Waals surface area contributed by atoms with Gasteiger partial charge in [0.05, 0.1) is 27.4 Å². The average molecular weight is 439 g/mol. The van der Waals surface area contributed by atoms with Crippen molar-refractivity contribution in [2.75, 3.05) is 27.4 Å². The molecule has 6 heteroatoms. The summed E-state index contributed by atoms with van der Waals surface area (Å²) >= 11 is 0. The van der Waals surface area contributed by atoms with Gasteiger partial charge < -0.3 is 18.9 Å². The highest BCUT2D eigenvalue weighted by Crippen LogP contribution is 2.19. The lowest BCUT2D eigenvalue weighted by Crippen LogP contribution is -2.04. The van der Waals surface area contributed by atoms with Gasteiger partial charge in [-0.15, -0.1) is 0 Å². The lowest BCUT2D eigenvalue weighted by Gasteiger charge is -2.05. The topological polar surface area (TPSA) is 71.1 Å². The smallest absolute Gasteiger partial charge is 0.330 e. The third kappa shape index (κ3) is 9.08. The van der Waals surface area contributed by atoms with Crippen LogP contribution in [0.2, 0.25) is 0 Å². The van der Waals surface area contributed by atoms with Gasteiger partial charge in [-0.1, -0.05) is 36.4 Å². The van der Waals surface area contributed by atoms with Crippen LogP contribution in [0.5, 0.6) is 11.5 Å². The minimum Gasteiger partial charge on any atom is -0.496 e. The molecule has 0 spiro atoms. The Labute approximate surface area is 189 Å². The molecule has 0 unspecified atom stereocenters. The fourth-order valence-electron chi connectivity index (χ4n) is 2.92. The number of esters is 2. The molecule has 2 rings (SSSR count). The van der Waals surface area contributed by atoms with E-state index in [1.54, 1.807) is 26.4 Å². The van der Waals surface area contributed by atoms with Gasteiger partial charge in [0, 0.05) is 23.3 Å². The van der Waals surface area contributed by atoms with E-state index >= 15 is 0 Å². The molecule has 0 N–H and O–H groups in total. The fraction of sp³-hybridized carbons (Fsp3) is 0.308. The highest BCUT2D eigenvalue weighted by molar-refractivity contribution is 5.88. The summed E-state index contributed by atoms with van der Waals surface area (Å²) in [5.74, 6) is 0.637. The van der Waals surface area contributed by atoms with Gasteiger partial charge in [-0.25, -0.2) is 9.59 Å². The third-order valence-electron chi connectivity index (χ3n) is 4.60. The number of carbonyl (C=O) groups excluding carboxylic acids is 2. The molecular formula is C26H30O6. The number of hydrogen-bond acceptors (Lipinski definition) is 6. The molecule has 32 heavy (non-hydrogen) atoms. The molecule has 6 nitrogen and oxygen atoms in total. The largest absolute Gasteiger partial charge is 0.496 e. The summed E-state index contributed by atoms with van der Waals surface area (Å²) < 4.78 is 20.9. The number of unbranched alkanes of at least 4 members (excludes halogenated alkanes) is 3. The Morgan fingerprint density at radius 1 is 0.656 bits per heavy atom. The van der Waals surface area contributed by atoms with E-state index in [-0.39, 0.29) is 11.9 Å². The lowest BCUT2D eigenvalue weighted by atomic mass is 10.2. The van der Waals surface area contributed by atoms with E-state index in [1.807, 2.05) is 48.5 Å². The van der Waals surface area contributed by atoms with Gasteiger partial charge in [0.1, 0.15) is 11.5 Å². The van der Waals surface area contributed by atoms with E-state index in [0.29, 0.717) is 24.7 Å². The van der Waals surface area contributed by atoms with E-state index in [9.17, 15) is 9.59 Å². The van der Waals surface area contributed by atoms with Crippen LogP contribution in [0.4, 0.5) is 0 Å². The summed E-state index contributed by atoms with van der Waals surface area (Å²) in [6.07, 6.45) is 9.45. The van der Waals surface area contributed by atoms with E-state index in [2.05, 4.69) is 0 Å². The first-order chi connectivity index (χ1) is 15.6. The molecule has 0 aliphatic rings. The second kappa shape index (κ2) is 14.5. The maximum absolute atomic E-state index is 11.8. The van der Waals surface area contributed by atoms with Gasteiger partial charge in [-0.2, -0.15) is 0 Å². The molecule has 0 fully saturated rings. The SMILES string of the molecule is COc1ccccc1/C=C/C(=O)OCCCCCCOC(=O)/C=C/c1ccccc1OC. The number of carbonyl (C=O) groups is 2. The van der Waals surface area contributed by atoms with Gasteiger partial charge in [0.2, 0.25) is 0 Å². The van der Waals surface area contributed by atoms with Crippen molar-refractivity contribution in [3.05, 3.63) is 71.8 Å². The molecule has 0 bridgehead atoms. The van der Waals surface area contributed by atoms with Crippen molar-refractivity contribution in [3.8, 4) is 11.5 Å². The minimum absolute atomic E-state index is 0.358. The van der Waals surface area contributed by atoms with Crippen molar-refractivity contribution in [1.29, 1.82) is 0 Å². The number of benzene rings is 2. The predicted molar refractivity (Wildman–Crippen MR) is 124 cm³/mol. The summed E-state index contributed by atoms with van der Waals surface area (Å²) in [6, 6.07) is 14.9. The minimum atomic E-state index is -0.383. The van der Waals surface area contributed by atoms with Crippen LogP contribution in [-0.2, 0) is 19.1 Å². The maximum Gasteiger partial charge on any atom is 0.330 e. The average Bonchev–Trinajstić information content (AvgIpc) is 2.83. The van der Waals surface area contributed by atoms with Crippen LogP contribution in [0.15, 0.2) is 60.7 Å². The normalized spacial score (nSPS) is 10.9. The molecule has 2 aromatic rings. The zero-order valence-electron chi connectivity index (χ0n) is 18.6. The molecule has 0 aliphatic carbocycles. The van der Waals surface area contributed by atoms with Gasteiger partial charge >= 0.3 is 11.9 Å². The number of rotatable bonds is 13. The molecular weight excluding hydrogens is 408 g/mol. The van der Waals surface area contributed by atoms with Gasteiger partial charge in [-0.05, 0) is 50.0 Å². The Hall–Kier alpha value is -3.54. The Balaban J connectivity index is 1.54. The second-order valence-corrected chi connectivity index (χ2v) is 6.90. The van der Waals surface area contributed by atoms with Crippen molar-refractivity contribution in [2.24, 2.45) is 0 Å². The molecule has 2 aromatic carbocycles. The number of ether oxygens (including phenoxy) is 4. The number of methoxy groups -OCH3 is 2. The van der Waals surface area contributed by atoms with Crippen molar-refractivity contribution in [3.63, 3.8) is 0 Å². The Morgan fingerprint density at radius 3 is 1.47 bits per heavy atom. The number of hydrogen-bond donors (Lipinski definition) is 0. The molecule has 0 amide bonds. The summed E-state index contributed by atoms with van der Waals surface area (Å²) in [5.41, 5.74) is 1.64. The molecule has 0 aromatic heterocycles. The van der Waals surface area contributed by atoms with Crippen molar-refractivity contribution >= 4 is 24.1 Å². The Morgan fingerprint density at radius 2 is 1.06 bits per heavy atom. The monoisotopic (exact) mass is 438 g/mol. The molecule has 0 aliphatic heterocycles. The third-order valence-corrected chi connectivity index (χ3v) is 4.60. The summed E-state index contributed by atoms with van der Waals surface area (Å²) in [5, 5.41) is 0. The zero-order valence-corrected chi connectivity index (χ0v) is 18.6. The first kappa shape index (κ1) is 24.7. The summed E-state index contributed by atoms with van der Waals surface area (Å²) in [7, 11) is 3.18. The highest BCUT2D eigenvalue weighted by Gasteiger charge is 2.02. The van der Waals surface area contributed by atoms with E-state index in [4.69, 9.17) is 18.9 Å². The van der Waals surface area contributed by atoms with Crippen molar-refractivity contribution in [1.82, 2.24) is 0 Å². The highest BCUT2D eigenvalue weighted by atomic mass is 16.5. The molecule has 170 valence electrons. The predicted octanol–water partition coefficient (Wildman–Crippen LogP) is 5.08. The van der Waals surface area contributed by atoms with Crippen LogP contribution in [0.25, 0.3) is 12.2 Å². The molecule has 0 saturated carbocycles. The zero-order chi connectivity index (χ0) is 23.0. The first-order valence-corrected chi connectivity index (χ1v) is 10.6. The number of para-hydroxylation sites is 2. The van der Waals surface area contributed by atoms with Crippen LogP contribution in [0.1, 0.15) is 36.8 Å². The van der Waals surface area contributed by atoms with E-state index in [1.165, 1.54) is 12.2 Å². The Bertz CT molecular complexity index is 841. The first-order valence-electron chi connectivity index (χ1n) is 10.6. The maximum atomic E-state index is 11.8. The summed E-state index contributed by atoms with van der Waals surface area (Å²) in [6.45, 7) is 0.715. The van der Waals surface area contributed by atoms with Gasteiger partial charge in [0.25, 0.3) is 0 Å². The van der Waals surface area contributed by atoms with Gasteiger partial charge in [0.15, 0.2) is 0 Å².